The van der Waals surface area contributed by atoms with Crippen LogP contribution in [0, 0.1) is 0 Å². The highest BCUT2D eigenvalue weighted by atomic mass is 16.5. The van der Waals surface area contributed by atoms with Gasteiger partial charge in [-0.3, -0.25) is 4.79 Å². The smallest absolute Gasteiger partial charge is 0.410 e. The second-order valence-electron chi connectivity index (χ2n) is 3.94. The summed E-state index contributed by atoms with van der Waals surface area (Å²) in [5.74, 6) is 0.434. The van der Waals surface area contributed by atoms with Crippen LogP contribution in [0.1, 0.15) is 12.5 Å². The molecule has 1 aromatic carbocycles. The summed E-state index contributed by atoms with van der Waals surface area (Å²) in [5, 5.41) is 5.24. The summed E-state index contributed by atoms with van der Waals surface area (Å²) in [6, 6.07) is 7.16. The van der Waals surface area contributed by atoms with Gasteiger partial charge < -0.3 is 15.4 Å². The van der Waals surface area contributed by atoms with Gasteiger partial charge in [-0.1, -0.05) is 18.2 Å². The van der Waals surface area contributed by atoms with Crippen LogP contribution in [0.25, 0.3) is 0 Å². The topological polar surface area (TPSA) is 67.4 Å². The van der Waals surface area contributed by atoms with Gasteiger partial charge in [0.2, 0.25) is 5.91 Å². The number of hydrogen-bond donors (Lipinski definition) is 2. The monoisotopic (exact) mass is 262 g/mol. The van der Waals surface area contributed by atoms with Gasteiger partial charge in [0.05, 0.1) is 0 Å². The number of carbonyl (C=O) groups is 2. The van der Waals surface area contributed by atoms with Gasteiger partial charge in [0.1, 0.15) is 5.75 Å². The lowest BCUT2D eigenvalue weighted by Gasteiger charge is -2.06. The van der Waals surface area contributed by atoms with Crippen molar-refractivity contribution in [3.63, 3.8) is 0 Å². The van der Waals surface area contributed by atoms with E-state index < -0.39 is 6.09 Å². The third kappa shape index (κ3) is 6.26. The number of nitrogens with one attached hydrogen (secondary N) is 2. The SMILES string of the molecule is C=CCNC(=O)Oc1ccc(CCNC(C)=O)cc1. The lowest BCUT2D eigenvalue weighted by Crippen LogP contribution is -2.26. The zero-order valence-electron chi connectivity index (χ0n) is 10.9. The van der Waals surface area contributed by atoms with E-state index in [4.69, 9.17) is 4.74 Å². The highest BCUT2D eigenvalue weighted by Crippen LogP contribution is 2.12. The van der Waals surface area contributed by atoms with Gasteiger partial charge in [-0.15, -0.1) is 6.58 Å². The standard InChI is InChI=1S/C14H18N2O3/c1-3-9-16-14(18)19-13-6-4-12(5-7-13)8-10-15-11(2)17/h3-7H,1,8-10H2,2H3,(H,15,17)(H,16,18). The Labute approximate surface area is 112 Å². The number of ether oxygens (including phenoxy) is 1. The highest BCUT2D eigenvalue weighted by Gasteiger charge is 2.02. The molecule has 0 aliphatic carbocycles. The molecule has 1 aromatic rings. The molecule has 0 saturated carbocycles. The van der Waals surface area contributed by atoms with Gasteiger partial charge in [0.25, 0.3) is 0 Å². The molecule has 19 heavy (non-hydrogen) atoms. The summed E-state index contributed by atoms with van der Waals surface area (Å²) in [6.07, 6.45) is 1.81. The average molecular weight is 262 g/mol. The molecule has 0 fully saturated rings. The van der Waals surface area contributed by atoms with Crippen molar-refractivity contribution in [2.24, 2.45) is 0 Å². The van der Waals surface area contributed by atoms with Gasteiger partial charge in [0, 0.05) is 20.0 Å². The maximum absolute atomic E-state index is 11.3. The van der Waals surface area contributed by atoms with Crippen molar-refractivity contribution in [1.82, 2.24) is 10.6 Å². The van der Waals surface area contributed by atoms with Crippen molar-refractivity contribution in [3.05, 3.63) is 42.5 Å². The van der Waals surface area contributed by atoms with Crippen LogP contribution in [-0.4, -0.2) is 25.1 Å². The van der Waals surface area contributed by atoms with Gasteiger partial charge in [-0.2, -0.15) is 0 Å². The van der Waals surface area contributed by atoms with Crippen LogP contribution in [0.4, 0.5) is 4.79 Å². The molecular weight excluding hydrogens is 244 g/mol. The van der Waals surface area contributed by atoms with Gasteiger partial charge in [-0.25, -0.2) is 4.79 Å². The zero-order chi connectivity index (χ0) is 14.1. The molecule has 0 spiro atoms. The van der Waals surface area contributed by atoms with Crippen molar-refractivity contribution in [1.29, 1.82) is 0 Å². The van der Waals surface area contributed by atoms with Crippen LogP contribution < -0.4 is 15.4 Å². The van der Waals surface area contributed by atoms with Crippen molar-refractivity contribution in [2.45, 2.75) is 13.3 Å². The summed E-state index contributed by atoms with van der Waals surface area (Å²) in [5.41, 5.74) is 1.06. The Hall–Kier alpha value is -2.30. The van der Waals surface area contributed by atoms with Crippen LogP contribution in [0.3, 0.4) is 0 Å². The van der Waals surface area contributed by atoms with E-state index in [1.165, 1.54) is 6.92 Å². The fraction of sp³-hybridized carbons (Fsp3) is 0.286. The normalized spacial score (nSPS) is 9.53. The zero-order valence-corrected chi connectivity index (χ0v) is 10.9. The molecule has 2 amide bonds. The number of rotatable bonds is 6. The second kappa shape index (κ2) is 7.92. The number of benzene rings is 1. The molecular formula is C14H18N2O3. The average Bonchev–Trinajstić information content (AvgIpc) is 2.38. The van der Waals surface area contributed by atoms with E-state index in [1.54, 1.807) is 18.2 Å². The first-order chi connectivity index (χ1) is 9.11. The van der Waals surface area contributed by atoms with E-state index >= 15 is 0 Å². The Morgan fingerprint density at radius 3 is 2.53 bits per heavy atom. The van der Waals surface area contributed by atoms with E-state index in [2.05, 4.69) is 17.2 Å². The van der Waals surface area contributed by atoms with Crippen molar-refractivity contribution in [2.75, 3.05) is 13.1 Å². The molecule has 5 heteroatoms. The van der Waals surface area contributed by atoms with E-state index in [9.17, 15) is 9.59 Å². The predicted molar refractivity (Wildman–Crippen MR) is 73.1 cm³/mol. The van der Waals surface area contributed by atoms with Gasteiger partial charge in [-0.05, 0) is 24.1 Å². The second-order valence-corrected chi connectivity index (χ2v) is 3.94. The molecule has 0 bridgehead atoms. The Morgan fingerprint density at radius 2 is 1.95 bits per heavy atom. The summed E-state index contributed by atoms with van der Waals surface area (Å²) in [6.45, 7) is 5.94. The molecule has 0 heterocycles. The predicted octanol–water partition coefficient (Wildman–Crippen LogP) is 1.64. The third-order valence-corrected chi connectivity index (χ3v) is 2.31. The Bertz CT molecular complexity index is 441. The fourth-order valence-electron chi connectivity index (χ4n) is 1.41. The minimum atomic E-state index is -0.508. The van der Waals surface area contributed by atoms with Crippen molar-refractivity contribution < 1.29 is 14.3 Å². The lowest BCUT2D eigenvalue weighted by molar-refractivity contribution is -0.118. The Balaban J connectivity index is 2.40. The minimum Gasteiger partial charge on any atom is -0.410 e. The maximum atomic E-state index is 11.3. The van der Waals surface area contributed by atoms with Crippen LogP contribution >= 0.6 is 0 Å². The van der Waals surface area contributed by atoms with Crippen LogP contribution in [-0.2, 0) is 11.2 Å². The van der Waals surface area contributed by atoms with Crippen LogP contribution in [0.5, 0.6) is 5.75 Å². The molecule has 0 saturated heterocycles. The first-order valence-corrected chi connectivity index (χ1v) is 6.02. The Morgan fingerprint density at radius 1 is 1.26 bits per heavy atom. The van der Waals surface area contributed by atoms with E-state index in [0.29, 0.717) is 18.8 Å². The quantitative estimate of drug-likeness (QED) is 0.766. The first-order valence-electron chi connectivity index (χ1n) is 6.02. The molecule has 5 nitrogen and oxygen atoms in total. The molecule has 0 unspecified atom stereocenters. The molecule has 2 N–H and O–H groups in total. The van der Waals surface area contributed by atoms with E-state index in [1.807, 2.05) is 12.1 Å². The number of carbonyl (C=O) groups excluding carboxylic acids is 2. The summed E-state index contributed by atoms with van der Waals surface area (Å²) in [7, 11) is 0. The van der Waals surface area contributed by atoms with Crippen LogP contribution in [0.15, 0.2) is 36.9 Å². The Kier molecular flexibility index (Phi) is 6.15. The summed E-state index contributed by atoms with van der Waals surface area (Å²) in [4.78, 5) is 22.0. The molecule has 0 atom stereocenters. The van der Waals surface area contributed by atoms with Crippen LogP contribution in [0.2, 0.25) is 0 Å². The van der Waals surface area contributed by atoms with Gasteiger partial charge >= 0.3 is 6.09 Å². The molecule has 1 rings (SSSR count). The molecule has 0 aromatic heterocycles. The molecule has 102 valence electrons. The van der Waals surface area contributed by atoms with E-state index in [-0.39, 0.29) is 5.91 Å². The third-order valence-electron chi connectivity index (χ3n) is 2.31. The largest absolute Gasteiger partial charge is 0.412 e. The van der Waals surface area contributed by atoms with Gasteiger partial charge in [0.15, 0.2) is 0 Å². The van der Waals surface area contributed by atoms with Crippen molar-refractivity contribution in [3.8, 4) is 5.75 Å². The summed E-state index contributed by atoms with van der Waals surface area (Å²) >= 11 is 0. The number of hydrogen-bond acceptors (Lipinski definition) is 3. The number of amides is 2. The molecule has 0 aliphatic heterocycles. The first kappa shape index (κ1) is 14.8. The highest BCUT2D eigenvalue weighted by molar-refractivity contribution is 5.72. The van der Waals surface area contributed by atoms with E-state index in [0.717, 1.165) is 12.0 Å². The molecule has 0 aliphatic rings. The van der Waals surface area contributed by atoms with Crippen molar-refractivity contribution >= 4 is 12.0 Å². The minimum absolute atomic E-state index is 0.0427. The maximum Gasteiger partial charge on any atom is 0.412 e. The lowest BCUT2D eigenvalue weighted by atomic mass is 10.1. The fourth-order valence-corrected chi connectivity index (χ4v) is 1.41. The molecule has 0 radical (unpaired) electrons. The summed E-state index contributed by atoms with van der Waals surface area (Å²) < 4.78 is 5.05.